The normalized spacial score (nSPS) is 19.7. The van der Waals surface area contributed by atoms with Crippen molar-refractivity contribution in [3.05, 3.63) is 23.6 Å². The molecule has 1 aromatic rings. The fraction of sp³-hybridized carbons (Fsp3) is 0.500. The first-order valence-corrected chi connectivity index (χ1v) is 5.85. The highest BCUT2D eigenvalue weighted by Crippen LogP contribution is 2.18. The molecular formula is C12H16FN3O2. The fourth-order valence-electron chi connectivity index (χ4n) is 1.99. The van der Waals surface area contributed by atoms with Gasteiger partial charge in [0.15, 0.2) is 0 Å². The Balaban J connectivity index is 2.29. The van der Waals surface area contributed by atoms with Gasteiger partial charge in [0.1, 0.15) is 11.6 Å². The van der Waals surface area contributed by atoms with Crippen LogP contribution in [0.25, 0.3) is 0 Å². The molecule has 1 aromatic heterocycles. The summed E-state index contributed by atoms with van der Waals surface area (Å²) in [4.78, 5) is 17.9. The molecule has 1 aliphatic rings. The third kappa shape index (κ3) is 2.43. The monoisotopic (exact) mass is 253 g/mol. The number of morpholine rings is 1. The molecule has 1 unspecified atom stereocenters. The number of halogens is 1. The van der Waals surface area contributed by atoms with Crippen LogP contribution < -0.4 is 5.32 Å². The molecule has 1 fully saturated rings. The first-order chi connectivity index (χ1) is 8.63. The van der Waals surface area contributed by atoms with Gasteiger partial charge >= 0.3 is 0 Å². The van der Waals surface area contributed by atoms with Crippen molar-refractivity contribution in [2.24, 2.45) is 0 Å². The van der Waals surface area contributed by atoms with Crippen LogP contribution in [0.4, 0.5) is 10.2 Å². The Labute approximate surface area is 105 Å². The van der Waals surface area contributed by atoms with Gasteiger partial charge in [0.25, 0.3) is 5.91 Å². The predicted molar refractivity (Wildman–Crippen MR) is 65.1 cm³/mol. The third-order valence-electron chi connectivity index (χ3n) is 2.95. The number of ether oxygens (including phenoxy) is 1. The van der Waals surface area contributed by atoms with E-state index in [1.54, 1.807) is 11.9 Å². The van der Waals surface area contributed by atoms with Gasteiger partial charge in [-0.15, -0.1) is 0 Å². The van der Waals surface area contributed by atoms with E-state index in [-0.39, 0.29) is 17.5 Å². The second-order valence-corrected chi connectivity index (χ2v) is 4.22. The number of rotatable bonds is 2. The number of nitrogens with one attached hydrogen (secondary N) is 1. The van der Waals surface area contributed by atoms with E-state index >= 15 is 0 Å². The maximum Gasteiger partial charge on any atom is 0.258 e. The van der Waals surface area contributed by atoms with Gasteiger partial charge in [-0.3, -0.25) is 4.79 Å². The van der Waals surface area contributed by atoms with E-state index in [4.69, 9.17) is 4.74 Å². The minimum atomic E-state index is -0.515. The Morgan fingerprint density at radius 2 is 2.44 bits per heavy atom. The van der Waals surface area contributed by atoms with Gasteiger partial charge in [0.2, 0.25) is 0 Å². The first-order valence-electron chi connectivity index (χ1n) is 5.85. The lowest BCUT2D eigenvalue weighted by molar-refractivity contribution is 0.00360. The van der Waals surface area contributed by atoms with Crippen molar-refractivity contribution in [3.8, 4) is 0 Å². The maximum atomic E-state index is 13.2. The van der Waals surface area contributed by atoms with Crippen molar-refractivity contribution < 1.29 is 13.9 Å². The van der Waals surface area contributed by atoms with E-state index < -0.39 is 5.82 Å². The molecule has 0 bridgehead atoms. The molecule has 6 heteroatoms. The van der Waals surface area contributed by atoms with Crippen LogP contribution in [0.1, 0.15) is 17.3 Å². The minimum Gasteiger partial charge on any atom is -0.377 e. The number of hydrogen-bond acceptors (Lipinski definition) is 4. The number of carbonyl (C=O) groups excluding carboxylic acids is 1. The molecule has 0 saturated carbocycles. The summed E-state index contributed by atoms with van der Waals surface area (Å²) in [5, 5.41) is 2.80. The SMILES string of the molecule is CNc1ncc(F)cc1C(=O)N1CCOCC1C. The Morgan fingerprint density at radius 3 is 3.11 bits per heavy atom. The summed E-state index contributed by atoms with van der Waals surface area (Å²) < 4.78 is 18.5. The van der Waals surface area contributed by atoms with Crippen molar-refractivity contribution in [2.75, 3.05) is 32.1 Å². The Bertz CT molecular complexity index is 453. The summed E-state index contributed by atoms with van der Waals surface area (Å²) in [6, 6.07) is 1.20. The second kappa shape index (κ2) is 5.30. The molecule has 0 aliphatic carbocycles. The molecule has 1 aliphatic heterocycles. The van der Waals surface area contributed by atoms with Gasteiger partial charge in [0, 0.05) is 13.6 Å². The van der Waals surface area contributed by atoms with Crippen LogP contribution in [-0.4, -0.2) is 48.6 Å². The van der Waals surface area contributed by atoms with E-state index in [1.807, 2.05) is 6.92 Å². The van der Waals surface area contributed by atoms with Gasteiger partial charge in [-0.25, -0.2) is 9.37 Å². The summed E-state index contributed by atoms with van der Waals surface area (Å²) in [6.07, 6.45) is 1.09. The smallest absolute Gasteiger partial charge is 0.258 e. The lowest BCUT2D eigenvalue weighted by Gasteiger charge is -2.33. The van der Waals surface area contributed by atoms with Crippen molar-refractivity contribution in [3.63, 3.8) is 0 Å². The van der Waals surface area contributed by atoms with E-state index in [2.05, 4.69) is 10.3 Å². The molecule has 0 spiro atoms. The van der Waals surface area contributed by atoms with Crippen LogP contribution in [0.5, 0.6) is 0 Å². The average molecular weight is 253 g/mol. The Kier molecular flexibility index (Phi) is 3.76. The number of amides is 1. The first kappa shape index (κ1) is 12.8. The molecular weight excluding hydrogens is 237 g/mol. The topological polar surface area (TPSA) is 54.5 Å². The molecule has 0 aromatic carbocycles. The number of carbonyl (C=O) groups is 1. The minimum absolute atomic E-state index is 0.0146. The Morgan fingerprint density at radius 1 is 1.67 bits per heavy atom. The fourth-order valence-corrected chi connectivity index (χ4v) is 1.99. The van der Waals surface area contributed by atoms with E-state index in [0.717, 1.165) is 6.20 Å². The second-order valence-electron chi connectivity index (χ2n) is 4.22. The van der Waals surface area contributed by atoms with Crippen LogP contribution in [0.15, 0.2) is 12.3 Å². The lowest BCUT2D eigenvalue weighted by Crippen LogP contribution is -2.47. The van der Waals surface area contributed by atoms with Gasteiger partial charge in [0.05, 0.1) is 31.0 Å². The number of hydrogen-bond donors (Lipinski definition) is 1. The Hall–Kier alpha value is -1.69. The van der Waals surface area contributed by atoms with Crippen molar-refractivity contribution in [1.29, 1.82) is 0 Å². The van der Waals surface area contributed by atoms with Crippen LogP contribution in [-0.2, 0) is 4.74 Å². The van der Waals surface area contributed by atoms with Gasteiger partial charge in [-0.2, -0.15) is 0 Å². The van der Waals surface area contributed by atoms with Crippen molar-refractivity contribution >= 4 is 11.7 Å². The van der Waals surface area contributed by atoms with Gasteiger partial charge in [-0.1, -0.05) is 0 Å². The summed E-state index contributed by atoms with van der Waals surface area (Å²) in [7, 11) is 1.65. The summed E-state index contributed by atoms with van der Waals surface area (Å²) in [6.45, 7) is 3.43. The quantitative estimate of drug-likeness (QED) is 0.858. The average Bonchev–Trinajstić information content (AvgIpc) is 2.38. The summed E-state index contributed by atoms with van der Waals surface area (Å²) in [5.41, 5.74) is 0.256. The van der Waals surface area contributed by atoms with Crippen LogP contribution in [0.2, 0.25) is 0 Å². The number of nitrogens with zero attached hydrogens (tertiary/aromatic N) is 2. The van der Waals surface area contributed by atoms with E-state index in [9.17, 15) is 9.18 Å². The molecule has 0 radical (unpaired) electrons. The van der Waals surface area contributed by atoms with Crippen molar-refractivity contribution in [1.82, 2.24) is 9.88 Å². The number of aromatic nitrogens is 1. The highest BCUT2D eigenvalue weighted by molar-refractivity contribution is 5.98. The molecule has 1 N–H and O–H groups in total. The van der Waals surface area contributed by atoms with Crippen molar-refractivity contribution in [2.45, 2.75) is 13.0 Å². The molecule has 1 saturated heterocycles. The van der Waals surface area contributed by atoms with Crippen LogP contribution >= 0.6 is 0 Å². The highest BCUT2D eigenvalue weighted by Gasteiger charge is 2.27. The number of pyridine rings is 1. The van der Waals surface area contributed by atoms with Crippen LogP contribution in [0.3, 0.4) is 0 Å². The zero-order valence-electron chi connectivity index (χ0n) is 10.4. The van der Waals surface area contributed by atoms with Gasteiger partial charge in [-0.05, 0) is 13.0 Å². The lowest BCUT2D eigenvalue weighted by atomic mass is 10.1. The van der Waals surface area contributed by atoms with E-state index in [0.29, 0.717) is 25.6 Å². The number of anilines is 1. The third-order valence-corrected chi connectivity index (χ3v) is 2.95. The standard InChI is InChI=1S/C12H16FN3O2/c1-8-7-18-4-3-16(8)12(17)10-5-9(13)6-15-11(10)14-2/h5-6,8H,3-4,7H2,1-2H3,(H,14,15). The summed E-state index contributed by atoms with van der Waals surface area (Å²) in [5.74, 6) is -0.347. The molecule has 5 nitrogen and oxygen atoms in total. The van der Waals surface area contributed by atoms with Crippen LogP contribution in [0, 0.1) is 5.82 Å². The largest absolute Gasteiger partial charge is 0.377 e. The maximum absolute atomic E-state index is 13.2. The molecule has 2 heterocycles. The molecule has 98 valence electrons. The highest BCUT2D eigenvalue weighted by atomic mass is 19.1. The van der Waals surface area contributed by atoms with Gasteiger partial charge < -0.3 is 15.0 Å². The molecule has 2 rings (SSSR count). The van der Waals surface area contributed by atoms with E-state index in [1.165, 1.54) is 6.07 Å². The summed E-state index contributed by atoms with van der Waals surface area (Å²) >= 11 is 0. The predicted octanol–water partition coefficient (Wildman–Crippen LogP) is 1.12. The molecule has 1 amide bonds. The zero-order valence-corrected chi connectivity index (χ0v) is 10.4. The molecule has 1 atom stereocenters. The molecule has 18 heavy (non-hydrogen) atoms. The zero-order chi connectivity index (χ0) is 13.1.